The standard InChI is InChI=1S/C23H35N3O2/c1-17-4-3-5-21(18(17)2)24-23(27)16-26-11-9-25(10-12-26)15-19-6-7-22-20(14-19)8-13-28-22/h6-7,14,17-18,21H,3-5,8-13,15-16H2,1-2H3,(H,24,27)/p+2/t17-,18+,21-/m0/s1. The molecule has 2 heterocycles. The predicted octanol–water partition coefficient (Wildman–Crippen LogP) is -0.154. The van der Waals surface area contributed by atoms with Crippen molar-refractivity contribution in [2.24, 2.45) is 11.8 Å². The van der Waals surface area contributed by atoms with Crippen molar-refractivity contribution in [2.45, 2.75) is 52.1 Å². The van der Waals surface area contributed by atoms with Crippen LogP contribution in [0.3, 0.4) is 0 Å². The molecule has 4 rings (SSSR count). The summed E-state index contributed by atoms with van der Waals surface area (Å²) in [5, 5.41) is 3.34. The molecule has 1 saturated carbocycles. The van der Waals surface area contributed by atoms with Crippen molar-refractivity contribution in [3.63, 3.8) is 0 Å². The molecule has 1 aromatic rings. The second-order valence-electron chi connectivity index (χ2n) is 9.34. The number of fused-ring (bicyclic) bond motifs is 1. The van der Waals surface area contributed by atoms with Crippen LogP contribution in [0.4, 0.5) is 0 Å². The molecule has 0 aromatic heterocycles. The van der Waals surface area contributed by atoms with E-state index in [1.807, 2.05) is 0 Å². The highest BCUT2D eigenvalue weighted by Gasteiger charge is 2.30. The van der Waals surface area contributed by atoms with Gasteiger partial charge in [-0.05, 0) is 42.0 Å². The van der Waals surface area contributed by atoms with Crippen LogP contribution >= 0.6 is 0 Å². The third kappa shape index (κ3) is 4.69. The number of ether oxygens (including phenoxy) is 1. The number of carbonyl (C=O) groups excluding carboxylic acids is 1. The molecule has 154 valence electrons. The van der Waals surface area contributed by atoms with E-state index in [0.29, 0.717) is 18.5 Å². The third-order valence-electron chi connectivity index (χ3n) is 7.34. The van der Waals surface area contributed by atoms with Crippen molar-refractivity contribution in [3.05, 3.63) is 29.3 Å². The number of quaternary nitrogens is 2. The van der Waals surface area contributed by atoms with Gasteiger partial charge in [-0.3, -0.25) is 4.79 Å². The van der Waals surface area contributed by atoms with Crippen molar-refractivity contribution in [2.75, 3.05) is 39.3 Å². The molecule has 3 aliphatic rings. The van der Waals surface area contributed by atoms with Crippen LogP contribution in [0.15, 0.2) is 18.2 Å². The fraction of sp³-hybridized carbons (Fsp3) is 0.696. The highest BCUT2D eigenvalue weighted by atomic mass is 16.5. The van der Waals surface area contributed by atoms with Gasteiger partial charge in [0.05, 0.1) is 6.61 Å². The molecule has 1 aromatic carbocycles. The molecule has 3 atom stereocenters. The lowest BCUT2D eigenvalue weighted by Gasteiger charge is -2.35. The van der Waals surface area contributed by atoms with Gasteiger partial charge in [-0.1, -0.05) is 26.7 Å². The van der Waals surface area contributed by atoms with Crippen LogP contribution in [0.1, 0.15) is 44.2 Å². The molecule has 0 spiro atoms. The molecule has 0 bridgehead atoms. The number of piperazine rings is 1. The monoisotopic (exact) mass is 387 g/mol. The largest absolute Gasteiger partial charge is 0.493 e. The van der Waals surface area contributed by atoms with Crippen molar-refractivity contribution in [1.29, 1.82) is 0 Å². The van der Waals surface area contributed by atoms with Crippen LogP contribution < -0.4 is 19.9 Å². The average Bonchev–Trinajstić information content (AvgIpc) is 3.15. The van der Waals surface area contributed by atoms with Gasteiger partial charge in [-0.15, -0.1) is 0 Å². The summed E-state index contributed by atoms with van der Waals surface area (Å²) in [4.78, 5) is 15.6. The summed E-state index contributed by atoms with van der Waals surface area (Å²) in [6.07, 6.45) is 4.75. The van der Waals surface area contributed by atoms with Crippen LogP contribution in [0, 0.1) is 11.8 Å². The average molecular weight is 388 g/mol. The second-order valence-corrected chi connectivity index (χ2v) is 9.34. The van der Waals surface area contributed by atoms with Gasteiger partial charge in [0.15, 0.2) is 6.54 Å². The topological polar surface area (TPSA) is 47.2 Å². The summed E-state index contributed by atoms with van der Waals surface area (Å²) < 4.78 is 5.61. The quantitative estimate of drug-likeness (QED) is 0.658. The first kappa shape index (κ1) is 19.7. The maximum Gasteiger partial charge on any atom is 0.275 e. The first-order valence-corrected chi connectivity index (χ1v) is 11.3. The number of benzene rings is 1. The molecule has 1 aliphatic carbocycles. The zero-order chi connectivity index (χ0) is 19.5. The van der Waals surface area contributed by atoms with E-state index in [4.69, 9.17) is 4.74 Å². The normalized spacial score (nSPS) is 32.4. The zero-order valence-electron chi connectivity index (χ0n) is 17.6. The van der Waals surface area contributed by atoms with E-state index in [1.54, 1.807) is 4.90 Å². The van der Waals surface area contributed by atoms with Crippen LogP contribution in [-0.4, -0.2) is 51.3 Å². The van der Waals surface area contributed by atoms with Crippen molar-refractivity contribution >= 4 is 5.91 Å². The maximum atomic E-state index is 12.6. The lowest BCUT2D eigenvalue weighted by molar-refractivity contribution is -1.02. The van der Waals surface area contributed by atoms with Crippen molar-refractivity contribution in [3.8, 4) is 5.75 Å². The fourth-order valence-corrected chi connectivity index (χ4v) is 5.22. The maximum absolute atomic E-state index is 12.6. The Labute approximate surface area is 169 Å². The summed E-state index contributed by atoms with van der Waals surface area (Å²) in [7, 11) is 0. The Hall–Kier alpha value is -1.59. The minimum atomic E-state index is 0.253. The molecule has 1 saturated heterocycles. The number of hydrogen-bond acceptors (Lipinski definition) is 2. The Balaban J connectivity index is 1.20. The van der Waals surface area contributed by atoms with E-state index >= 15 is 0 Å². The van der Waals surface area contributed by atoms with Crippen LogP contribution in [-0.2, 0) is 17.8 Å². The van der Waals surface area contributed by atoms with Gasteiger partial charge in [0.25, 0.3) is 5.91 Å². The molecule has 0 unspecified atom stereocenters. The molecular weight excluding hydrogens is 350 g/mol. The van der Waals surface area contributed by atoms with E-state index in [1.165, 1.54) is 28.9 Å². The summed E-state index contributed by atoms with van der Waals surface area (Å²) in [5.41, 5.74) is 2.78. The Morgan fingerprint density at radius 2 is 1.93 bits per heavy atom. The highest BCUT2D eigenvalue weighted by Crippen LogP contribution is 2.29. The predicted molar refractivity (Wildman–Crippen MR) is 110 cm³/mol. The molecule has 1 amide bonds. The van der Waals surface area contributed by atoms with Gasteiger partial charge in [-0.2, -0.15) is 0 Å². The van der Waals surface area contributed by atoms with Crippen molar-refractivity contribution < 1.29 is 19.3 Å². The van der Waals surface area contributed by atoms with E-state index in [9.17, 15) is 4.79 Å². The van der Waals surface area contributed by atoms with Gasteiger partial charge < -0.3 is 19.9 Å². The minimum absolute atomic E-state index is 0.253. The molecule has 5 heteroatoms. The fourth-order valence-electron chi connectivity index (χ4n) is 5.22. The lowest BCUT2D eigenvalue weighted by Crippen LogP contribution is -3.28. The smallest absolute Gasteiger partial charge is 0.275 e. The summed E-state index contributed by atoms with van der Waals surface area (Å²) in [5.74, 6) is 2.65. The number of hydrogen-bond donors (Lipinski definition) is 3. The molecule has 2 fully saturated rings. The number of amides is 1. The van der Waals surface area contributed by atoms with E-state index in [-0.39, 0.29) is 5.91 Å². The Morgan fingerprint density at radius 3 is 2.75 bits per heavy atom. The number of nitrogens with one attached hydrogen (secondary N) is 3. The van der Waals surface area contributed by atoms with E-state index in [0.717, 1.165) is 63.8 Å². The number of rotatable bonds is 5. The summed E-state index contributed by atoms with van der Waals surface area (Å²) >= 11 is 0. The molecule has 0 radical (unpaired) electrons. The van der Waals surface area contributed by atoms with Gasteiger partial charge >= 0.3 is 0 Å². The molecular formula is C23H37N3O2+2. The van der Waals surface area contributed by atoms with E-state index < -0.39 is 0 Å². The number of carbonyl (C=O) groups is 1. The molecule has 3 N–H and O–H groups in total. The zero-order valence-corrected chi connectivity index (χ0v) is 17.6. The minimum Gasteiger partial charge on any atom is -0.493 e. The Bertz CT molecular complexity index is 684. The lowest BCUT2D eigenvalue weighted by atomic mass is 9.78. The van der Waals surface area contributed by atoms with Crippen LogP contribution in [0.25, 0.3) is 0 Å². The Kier molecular flexibility index (Phi) is 6.22. The van der Waals surface area contributed by atoms with Gasteiger partial charge in [0, 0.05) is 18.0 Å². The SMILES string of the molecule is C[C@H]1[C@@H](NC(=O)C[NH+]2CC[NH+](Cc3ccc4c(c3)CCO4)CC2)CCC[C@@H]1C. The first-order valence-electron chi connectivity index (χ1n) is 11.3. The van der Waals surface area contributed by atoms with Crippen LogP contribution in [0.2, 0.25) is 0 Å². The Morgan fingerprint density at radius 1 is 1.14 bits per heavy atom. The highest BCUT2D eigenvalue weighted by molar-refractivity contribution is 5.77. The summed E-state index contributed by atoms with van der Waals surface area (Å²) in [6, 6.07) is 7.06. The van der Waals surface area contributed by atoms with Gasteiger partial charge in [0.2, 0.25) is 0 Å². The van der Waals surface area contributed by atoms with Crippen LogP contribution in [0.5, 0.6) is 5.75 Å². The van der Waals surface area contributed by atoms with E-state index in [2.05, 4.69) is 37.4 Å². The third-order valence-corrected chi connectivity index (χ3v) is 7.34. The van der Waals surface area contributed by atoms with Crippen molar-refractivity contribution in [1.82, 2.24) is 5.32 Å². The van der Waals surface area contributed by atoms with Gasteiger partial charge in [-0.25, -0.2) is 0 Å². The first-order chi connectivity index (χ1) is 13.6. The van der Waals surface area contributed by atoms with Gasteiger partial charge in [0.1, 0.15) is 38.5 Å². The second kappa shape index (κ2) is 8.83. The molecule has 2 aliphatic heterocycles. The molecule has 28 heavy (non-hydrogen) atoms. The summed E-state index contributed by atoms with van der Waals surface area (Å²) in [6.45, 7) is 11.7. The molecule has 5 nitrogen and oxygen atoms in total.